The van der Waals surface area contributed by atoms with Gasteiger partial charge in [-0.3, -0.25) is 4.98 Å². The third-order valence-electron chi connectivity index (χ3n) is 3.72. The molecule has 0 amide bonds. The zero-order valence-electron chi connectivity index (χ0n) is 12.4. The SMILES string of the molecule is Fc1cccc(F)c1/N=C/c1ccc2ccc3cccnc3c2n1. The number of aliphatic imine (C=N–C) groups is 1. The normalized spacial score (nSPS) is 11.6. The molecular weight excluding hydrogens is 308 g/mol. The summed E-state index contributed by atoms with van der Waals surface area (Å²) in [5.41, 5.74) is 1.69. The molecule has 0 fully saturated rings. The second-order valence-electron chi connectivity index (χ2n) is 5.28. The van der Waals surface area contributed by atoms with Crippen LogP contribution in [0.15, 0.2) is 65.8 Å². The van der Waals surface area contributed by atoms with Crippen LogP contribution in [0.4, 0.5) is 14.5 Å². The van der Waals surface area contributed by atoms with Crippen molar-refractivity contribution in [2.45, 2.75) is 0 Å². The average molecular weight is 319 g/mol. The first-order valence-electron chi connectivity index (χ1n) is 7.35. The van der Waals surface area contributed by atoms with E-state index in [0.29, 0.717) is 5.69 Å². The molecule has 0 aliphatic carbocycles. The summed E-state index contributed by atoms with van der Waals surface area (Å²) in [5, 5.41) is 1.92. The maximum atomic E-state index is 13.6. The third kappa shape index (κ3) is 2.50. The van der Waals surface area contributed by atoms with Crippen LogP contribution < -0.4 is 0 Å². The van der Waals surface area contributed by atoms with Crippen LogP contribution in [0, 0.1) is 11.6 Å². The van der Waals surface area contributed by atoms with Crippen molar-refractivity contribution in [3.63, 3.8) is 0 Å². The van der Waals surface area contributed by atoms with Gasteiger partial charge in [0.15, 0.2) is 11.6 Å². The smallest absolute Gasteiger partial charge is 0.151 e. The number of halogens is 2. The molecule has 0 unspecified atom stereocenters. The van der Waals surface area contributed by atoms with Crippen molar-refractivity contribution >= 4 is 33.7 Å². The highest BCUT2D eigenvalue weighted by Crippen LogP contribution is 2.23. The van der Waals surface area contributed by atoms with Crippen LogP contribution in [0.2, 0.25) is 0 Å². The Kier molecular flexibility index (Phi) is 3.46. The molecule has 0 aliphatic heterocycles. The van der Waals surface area contributed by atoms with Crippen molar-refractivity contribution in [1.29, 1.82) is 0 Å². The zero-order chi connectivity index (χ0) is 16.5. The van der Waals surface area contributed by atoms with Crippen LogP contribution in [0.5, 0.6) is 0 Å². The summed E-state index contributed by atoms with van der Waals surface area (Å²) >= 11 is 0. The van der Waals surface area contributed by atoms with E-state index in [1.165, 1.54) is 24.4 Å². The molecule has 3 nitrogen and oxygen atoms in total. The molecule has 0 radical (unpaired) electrons. The van der Waals surface area contributed by atoms with Crippen molar-refractivity contribution < 1.29 is 8.78 Å². The van der Waals surface area contributed by atoms with Crippen LogP contribution in [0.3, 0.4) is 0 Å². The molecule has 2 heterocycles. The van der Waals surface area contributed by atoms with Gasteiger partial charge in [0.25, 0.3) is 0 Å². The second kappa shape index (κ2) is 5.77. The second-order valence-corrected chi connectivity index (χ2v) is 5.28. The molecular formula is C19H11F2N3. The van der Waals surface area contributed by atoms with E-state index < -0.39 is 11.6 Å². The Morgan fingerprint density at radius 2 is 1.50 bits per heavy atom. The Bertz CT molecular complexity index is 1070. The summed E-state index contributed by atoms with van der Waals surface area (Å²) in [6, 6.07) is 15.0. The van der Waals surface area contributed by atoms with Gasteiger partial charge in [0.05, 0.1) is 22.9 Å². The fourth-order valence-corrected chi connectivity index (χ4v) is 2.55. The molecule has 0 saturated heterocycles. The van der Waals surface area contributed by atoms with Crippen LogP contribution >= 0.6 is 0 Å². The lowest BCUT2D eigenvalue weighted by Crippen LogP contribution is -1.91. The van der Waals surface area contributed by atoms with E-state index in [9.17, 15) is 8.78 Å². The van der Waals surface area contributed by atoms with Crippen molar-refractivity contribution in [3.8, 4) is 0 Å². The van der Waals surface area contributed by atoms with Crippen LogP contribution in [-0.2, 0) is 0 Å². The number of hydrogen-bond donors (Lipinski definition) is 0. The van der Waals surface area contributed by atoms with Gasteiger partial charge in [-0.25, -0.2) is 18.8 Å². The first kappa shape index (κ1) is 14.4. The Morgan fingerprint density at radius 3 is 2.29 bits per heavy atom. The molecule has 0 aliphatic rings. The maximum absolute atomic E-state index is 13.6. The number of aromatic nitrogens is 2. The predicted molar refractivity (Wildman–Crippen MR) is 90.7 cm³/mol. The molecule has 24 heavy (non-hydrogen) atoms. The molecule has 0 N–H and O–H groups in total. The van der Waals surface area contributed by atoms with Gasteiger partial charge in [0.2, 0.25) is 0 Å². The van der Waals surface area contributed by atoms with Crippen molar-refractivity contribution in [2.75, 3.05) is 0 Å². The minimum Gasteiger partial charge on any atom is -0.254 e. The highest BCUT2D eigenvalue weighted by molar-refractivity contribution is 6.03. The van der Waals surface area contributed by atoms with Crippen LogP contribution in [-0.4, -0.2) is 16.2 Å². The highest BCUT2D eigenvalue weighted by atomic mass is 19.1. The lowest BCUT2D eigenvalue weighted by molar-refractivity contribution is 0.587. The minimum atomic E-state index is -0.709. The number of hydrogen-bond acceptors (Lipinski definition) is 3. The van der Waals surface area contributed by atoms with Gasteiger partial charge in [-0.2, -0.15) is 0 Å². The van der Waals surface area contributed by atoms with Crippen molar-refractivity contribution in [1.82, 2.24) is 9.97 Å². The first-order chi connectivity index (χ1) is 11.7. The van der Waals surface area contributed by atoms with Crippen molar-refractivity contribution in [2.24, 2.45) is 4.99 Å². The number of para-hydroxylation sites is 1. The standard InChI is InChI=1S/C19H11F2N3/c20-15-4-1-5-16(21)19(15)23-11-14-9-8-13-7-6-12-3-2-10-22-17(12)18(13)24-14/h1-11H/b23-11+. The van der Waals surface area contributed by atoms with Crippen molar-refractivity contribution in [3.05, 3.63) is 78.1 Å². The van der Waals surface area contributed by atoms with Gasteiger partial charge in [-0.05, 0) is 24.3 Å². The Balaban J connectivity index is 1.83. The monoisotopic (exact) mass is 319 g/mol. The number of nitrogens with zero attached hydrogens (tertiary/aromatic N) is 3. The van der Waals surface area contributed by atoms with E-state index in [1.54, 1.807) is 12.3 Å². The van der Waals surface area contributed by atoms with Crippen LogP contribution in [0.25, 0.3) is 21.8 Å². The Hall–Kier alpha value is -3.21. The van der Waals surface area contributed by atoms with E-state index in [-0.39, 0.29) is 5.69 Å². The molecule has 4 aromatic rings. The van der Waals surface area contributed by atoms with Gasteiger partial charge in [0, 0.05) is 17.0 Å². The molecule has 116 valence electrons. The lowest BCUT2D eigenvalue weighted by atomic mass is 10.1. The molecule has 2 aromatic carbocycles. The minimum absolute atomic E-state index is 0.324. The molecule has 5 heteroatoms. The van der Waals surface area contributed by atoms with Crippen LogP contribution in [0.1, 0.15) is 5.69 Å². The molecule has 4 rings (SSSR count). The largest absolute Gasteiger partial charge is 0.254 e. The van der Waals surface area contributed by atoms with Gasteiger partial charge < -0.3 is 0 Å². The fourth-order valence-electron chi connectivity index (χ4n) is 2.55. The predicted octanol–water partition coefficient (Wildman–Crippen LogP) is 4.81. The summed E-state index contributed by atoms with van der Waals surface area (Å²) in [7, 11) is 0. The lowest BCUT2D eigenvalue weighted by Gasteiger charge is -2.03. The molecule has 2 aromatic heterocycles. The number of pyridine rings is 2. The Labute approximate surface area is 136 Å². The van der Waals surface area contributed by atoms with Gasteiger partial charge in [-0.1, -0.05) is 30.3 Å². The van der Waals surface area contributed by atoms with E-state index >= 15 is 0 Å². The quantitative estimate of drug-likeness (QED) is 0.393. The Morgan fingerprint density at radius 1 is 0.792 bits per heavy atom. The number of benzene rings is 2. The molecule has 0 bridgehead atoms. The summed E-state index contributed by atoms with van der Waals surface area (Å²) in [4.78, 5) is 12.8. The third-order valence-corrected chi connectivity index (χ3v) is 3.72. The summed E-state index contributed by atoms with van der Waals surface area (Å²) in [6.07, 6.45) is 3.06. The summed E-state index contributed by atoms with van der Waals surface area (Å²) in [5.74, 6) is -1.42. The first-order valence-corrected chi connectivity index (χ1v) is 7.35. The fraction of sp³-hybridized carbons (Fsp3) is 0. The highest BCUT2D eigenvalue weighted by Gasteiger charge is 2.07. The number of rotatable bonds is 2. The maximum Gasteiger partial charge on any atom is 0.151 e. The molecule has 0 saturated carbocycles. The van der Waals surface area contributed by atoms with Gasteiger partial charge in [0.1, 0.15) is 5.69 Å². The summed E-state index contributed by atoms with van der Waals surface area (Å²) in [6.45, 7) is 0. The van der Waals surface area contributed by atoms with E-state index in [1.807, 2.05) is 30.3 Å². The van der Waals surface area contributed by atoms with E-state index in [2.05, 4.69) is 15.0 Å². The number of fused-ring (bicyclic) bond motifs is 3. The average Bonchev–Trinajstić information content (AvgIpc) is 2.61. The van der Waals surface area contributed by atoms with Gasteiger partial charge >= 0.3 is 0 Å². The summed E-state index contributed by atoms with van der Waals surface area (Å²) < 4.78 is 27.3. The molecule has 0 atom stereocenters. The van der Waals surface area contributed by atoms with E-state index in [4.69, 9.17) is 0 Å². The van der Waals surface area contributed by atoms with E-state index in [0.717, 1.165) is 21.8 Å². The zero-order valence-corrected chi connectivity index (χ0v) is 12.4. The topological polar surface area (TPSA) is 38.1 Å². The van der Waals surface area contributed by atoms with Gasteiger partial charge in [-0.15, -0.1) is 0 Å². The molecule has 0 spiro atoms.